The number of para-hydroxylation sites is 1. The number of aliphatic imine (C=N–C) groups is 1. The normalized spacial score (nSPS) is 21.3. The van der Waals surface area contributed by atoms with E-state index in [-0.39, 0.29) is 17.4 Å². The third-order valence-electron chi connectivity index (χ3n) is 3.16. The Morgan fingerprint density at radius 3 is 2.68 bits per heavy atom. The first-order chi connectivity index (χ1) is 8.90. The number of nitrogens with zero attached hydrogens (tertiary/aromatic N) is 1. The number of phenolic OH excluding ortho intramolecular Hbond substituents is 1. The molecule has 1 aromatic carbocycles. The van der Waals surface area contributed by atoms with Crippen molar-refractivity contribution in [2.75, 3.05) is 5.75 Å². The molecule has 0 bridgehead atoms. The average Bonchev–Trinajstić information content (AvgIpc) is 2.62. The highest BCUT2D eigenvalue weighted by Gasteiger charge is 2.39. The molecule has 0 fully saturated rings. The summed E-state index contributed by atoms with van der Waals surface area (Å²) in [6.07, 6.45) is 0. The van der Waals surface area contributed by atoms with E-state index in [9.17, 15) is 5.11 Å². The Labute approximate surface area is 119 Å². The lowest BCUT2D eigenvalue weighted by molar-refractivity contribution is 0.104. The van der Waals surface area contributed by atoms with Gasteiger partial charge in [0, 0.05) is 5.75 Å². The number of benzene rings is 1. The molecule has 0 spiro atoms. The van der Waals surface area contributed by atoms with Crippen molar-refractivity contribution >= 4 is 17.7 Å². The molecule has 1 aromatic rings. The standard InChI is InChI=1S/C15H21NO2S/c1-10(2)19-9-13-15(3,4)18-14(16-13)11-7-5-6-8-12(11)17/h5-8,10,13,17H,9H2,1-4H3/t13-/m0/s1. The van der Waals surface area contributed by atoms with Gasteiger partial charge in [-0.25, -0.2) is 4.99 Å². The highest BCUT2D eigenvalue weighted by atomic mass is 32.2. The summed E-state index contributed by atoms with van der Waals surface area (Å²) in [6.45, 7) is 8.46. The third-order valence-corrected chi connectivity index (χ3v) is 4.33. The summed E-state index contributed by atoms with van der Waals surface area (Å²) >= 11 is 1.88. The van der Waals surface area contributed by atoms with Crippen LogP contribution in [0.3, 0.4) is 0 Å². The first kappa shape index (κ1) is 14.3. The SMILES string of the molecule is CC(C)SC[C@@H]1N=C(c2ccccc2O)OC1(C)C. The van der Waals surface area contributed by atoms with Gasteiger partial charge in [-0.1, -0.05) is 26.0 Å². The summed E-state index contributed by atoms with van der Waals surface area (Å²) in [4.78, 5) is 4.66. The molecule has 0 saturated carbocycles. The van der Waals surface area contributed by atoms with Crippen LogP contribution in [0.25, 0.3) is 0 Å². The van der Waals surface area contributed by atoms with Crippen molar-refractivity contribution in [2.45, 2.75) is 44.6 Å². The first-order valence-corrected chi connectivity index (χ1v) is 7.62. The van der Waals surface area contributed by atoms with Gasteiger partial charge in [0.2, 0.25) is 5.90 Å². The number of ether oxygens (including phenoxy) is 1. The maximum atomic E-state index is 9.88. The molecule has 1 N–H and O–H groups in total. The van der Waals surface area contributed by atoms with Crippen molar-refractivity contribution in [3.05, 3.63) is 29.8 Å². The van der Waals surface area contributed by atoms with E-state index in [0.29, 0.717) is 16.7 Å². The average molecular weight is 279 g/mol. The maximum absolute atomic E-state index is 9.88. The van der Waals surface area contributed by atoms with Crippen LogP contribution in [-0.2, 0) is 4.74 Å². The summed E-state index contributed by atoms with van der Waals surface area (Å²) < 4.78 is 5.94. The predicted molar refractivity (Wildman–Crippen MR) is 81.2 cm³/mol. The van der Waals surface area contributed by atoms with Crippen LogP contribution in [0, 0.1) is 0 Å². The zero-order chi connectivity index (χ0) is 14.0. The van der Waals surface area contributed by atoms with Crippen molar-refractivity contribution in [3.63, 3.8) is 0 Å². The highest BCUT2D eigenvalue weighted by Crippen LogP contribution is 2.32. The van der Waals surface area contributed by atoms with Gasteiger partial charge in [-0.3, -0.25) is 0 Å². The summed E-state index contributed by atoms with van der Waals surface area (Å²) in [5.41, 5.74) is 0.354. The lowest BCUT2D eigenvalue weighted by atomic mass is 10.0. The van der Waals surface area contributed by atoms with Gasteiger partial charge in [-0.2, -0.15) is 11.8 Å². The molecule has 1 aliphatic rings. The Balaban J connectivity index is 2.20. The van der Waals surface area contributed by atoms with Crippen LogP contribution in [-0.4, -0.2) is 33.6 Å². The van der Waals surface area contributed by atoms with Crippen LogP contribution in [0.4, 0.5) is 0 Å². The van der Waals surface area contributed by atoms with Crippen LogP contribution in [0.5, 0.6) is 5.75 Å². The summed E-state index contributed by atoms with van der Waals surface area (Å²) in [6, 6.07) is 7.29. The fraction of sp³-hybridized carbons (Fsp3) is 0.533. The number of hydrogen-bond acceptors (Lipinski definition) is 4. The topological polar surface area (TPSA) is 41.8 Å². The Morgan fingerprint density at radius 2 is 2.05 bits per heavy atom. The van der Waals surface area contributed by atoms with Gasteiger partial charge in [0.25, 0.3) is 0 Å². The van der Waals surface area contributed by atoms with Crippen molar-refractivity contribution in [2.24, 2.45) is 4.99 Å². The van der Waals surface area contributed by atoms with Crippen LogP contribution in [0.1, 0.15) is 33.3 Å². The summed E-state index contributed by atoms with van der Waals surface area (Å²) in [5, 5.41) is 10.5. The van der Waals surface area contributed by atoms with E-state index in [2.05, 4.69) is 32.7 Å². The van der Waals surface area contributed by atoms with Gasteiger partial charge in [0.1, 0.15) is 17.4 Å². The molecule has 0 aliphatic carbocycles. The maximum Gasteiger partial charge on any atom is 0.220 e. The zero-order valence-electron chi connectivity index (χ0n) is 11.9. The molecule has 0 aromatic heterocycles. The minimum atomic E-state index is -0.320. The second kappa shape index (κ2) is 5.45. The van der Waals surface area contributed by atoms with E-state index in [1.807, 2.05) is 23.9 Å². The minimum Gasteiger partial charge on any atom is -0.507 e. The van der Waals surface area contributed by atoms with E-state index in [4.69, 9.17) is 4.74 Å². The smallest absolute Gasteiger partial charge is 0.220 e. The van der Waals surface area contributed by atoms with Crippen molar-refractivity contribution in [3.8, 4) is 5.75 Å². The largest absolute Gasteiger partial charge is 0.507 e. The quantitative estimate of drug-likeness (QED) is 0.917. The molecule has 104 valence electrons. The van der Waals surface area contributed by atoms with Gasteiger partial charge in [-0.15, -0.1) is 0 Å². The molecule has 2 rings (SSSR count). The van der Waals surface area contributed by atoms with Crippen molar-refractivity contribution < 1.29 is 9.84 Å². The molecule has 0 amide bonds. The molecule has 3 nitrogen and oxygen atoms in total. The van der Waals surface area contributed by atoms with E-state index in [1.54, 1.807) is 12.1 Å². The van der Waals surface area contributed by atoms with Gasteiger partial charge in [0.05, 0.1) is 5.56 Å². The number of aromatic hydroxyl groups is 1. The molecule has 0 radical (unpaired) electrons. The zero-order valence-corrected chi connectivity index (χ0v) is 12.7. The second-order valence-corrected chi connectivity index (χ2v) is 7.16. The number of hydrogen-bond donors (Lipinski definition) is 1. The molecule has 1 heterocycles. The van der Waals surface area contributed by atoms with Crippen molar-refractivity contribution in [1.29, 1.82) is 0 Å². The van der Waals surface area contributed by atoms with E-state index in [0.717, 1.165) is 5.75 Å². The molecular weight excluding hydrogens is 258 g/mol. The van der Waals surface area contributed by atoms with Crippen molar-refractivity contribution in [1.82, 2.24) is 0 Å². The van der Waals surface area contributed by atoms with E-state index < -0.39 is 0 Å². The number of thioether (sulfide) groups is 1. The number of rotatable bonds is 4. The second-order valence-electron chi connectivity index (χ2n) is 5.55. The summed E-state index contributed by atoms with van der Waals surface area (Å²) in [7, 11) is 0. The predicted octanol–water partition coefficient (Wildman–Crippen LogP) is 3.46. The van der Waals surface area contributed by atoms with Gasteiger partial charge in [-0.05, 0) is 31.2 Å². The fourth-order valence-corrected chi connectivity index (χ4v) is 2.98. The first-order valence-electron chi connectivity index (χ1n) is 6.57. The van der Waals surface area contributed by atoms with Crippen LogP contribution in [0.15, 0.2) is 29.3 Å². The number of phenols is 1. The molecule has 4 heteroatoms. The molecule has 0 saturated heterocycles. The lowest BCUT2D eigenvalue weighted by Crippen LogP contribution is -2.35. The molecule has 0 unspecified atom stereocenters. The highest BCUT2D eigenvalue weighted by molar-refractivity contribution is 7.99. The van der Waals surface area contributed by atoms with Gasteiger partial charge in [0.15, 0.2) is 0 Å². The Hall–Kier alpha value is -1.16. The van der Waals surface area contributed by atoms with Crippen LogP contribution >= 0.6 is 11.8 Å². The minimum absolute atomic E-state index is 0.120. The van der Waals surface area contributed by atoms with Crippen LogP contribution in [0.2, 0.25) is 0 Å². The van der Waals surface area contributed by atoms with E-state index >= 15 is 0 Å². The summed E-state index contributed by atoms with van der Waals surface area (Å²) in [5.74, 6) is 1.70. The van der Waals surface area contributed by atoms with E-state index in [1.165, 1.54) is 0 Å². The molecule has 19 heavy (non-hydrogen) atoms. The Kier molecular flexibility index (Phi) is 4.09. The monoisotopic (exact) mass is 279 g/mol. The molecule has 1 atom stereocenters. The fourth-order valence-electron chi connectivity index (χ4n) is 1.94. The lowest BCUT2D eigenvalue weighted by Gasteiger charge is -2.25. The Morgan fingerprint density at radius 1 is 1.37 bits per heavy atom. The van der Waals surface area contributed by atoms with Gasteiger partial charge >= 0.3 is 0 Å². The molecular formula is C15H21NO2S. The third kappa shape index (κ3) is 3.24. The van der Waals surface area contributed by atoms with Gasteiger partial charge < -0.3 is 9.84 Å². The van der Waals surface area contributed by atoms with Crippen LogP contribution < -0.4 is 0 Å². The molecule has 1 aliphatic heterocycles. The Bertz CT molecular complexity index is 483.